The minimum atomic E-state index is -5.09. The van der Waals surface area contributed by atoms with E-state index in [0.717, 1.165) is 17.0 Å². The quantitative estimate of drug-likeness (QED) is 0.433. The van der Waals surface area contributed by atoms with E-state index in [1.807, 2.05) is 0 Å². The Labute approximate surface area is 191 Å². The first-order chi connectivity index (χ1) is 16.1. The van der Waals surface area contributed by atoms with E-state index in [4.69, 9.17) is 0 Å². The zero-order valence-corrected chi connectivity index (χ0v) is 17.5. The third kappa shape index (κ3) is 5.03. The van der Waals surface area contributed by atoms with Crippen molar-refractivity contribution in [1.29, 1.82) is 0 Å². The Morgan fingerprint density at radius 1 is 0.743 bits per heavy atom. The molecule has 2 heterocycles. The molecule has 0 aliphatic carbocycles. The molecule has 1 aromatic heterocycles. The van der Waals surface area contributed by atoms with Crippen LogP contribution in [0.25, 0.3) is 10.9 Å². The molecule has 0 unspecified atom stereocenters. The molecule has 1 aliphatic heterocycles. The number of halogens is 9. The summed E-state index contributed by atoms with van der Waals surface area (Å²) in [6.45, 7) is 0.0128. The molecule has 0 atom stereocenters. The van der Waals surface area contributed by atoms with Gasteiger partial charge in [0.15, 0.2) is 0 Å². The van der Waals surface area contributed by atoms with Crippen molar-refractivity contribution in [3.05, 3.63) is 64.8 Å². The summed E-state index contributed by atoms with van der Waals surface area (Å²) in [5.41, 5.74) is -4.09. The monoisotopic (exact) mass is 508 g/mol. The van der Waals surface area contributed by atoms with Gasteiger partial charge in [-0.2, -0.15) is 39.5 Å². The predicted molar refractivity (Wildman–Crippen MR) is 107 cm³/mol. The van der Waals surface area contributed by atoms with Crippen molar-refractivity contribution in [3.63, 3.8) is 0 Å². The summed E-state index contributed by atoms with van der Waals surface area (Å²) < 4.78 is 118. The number of alkyl halides is 9. The number of benzene rings is 2. The van der Waals surface area contributed by atoms with E-state index in [2.05, 4.69) is 11.2 Å². The Morgan fingerprint density at radius 2 is 1.29 bits per heavy atom. The Morgan fingerprint density at radius 3 is 1.80 bits per heavy atom. The van der Waals surface area contributed by atoms with Crippen molar-refractivity contribution >= 4 is 22.5 Å². The fourth-order valence-electron chi connectivity index (χ4n) is 3.86. The Balaban J connectivity index is 1.55. The average Bonchev–Trinajstić information content (AvgIpc) is 3.20. The van der Waals surface area contributed by atoms with Gasteiger partial charge in [0.05, 0.1) is 28.6 Å². The number of fused-ring (bicyclic) bond motifs is 1. The summed E-state index contributed by atoms with van der Waals surface area (Å²) in [5, 5.41) is 0.243. The molecule has 0 bridgehead atoms. The fraction of sp³-hybridized carbons (Fsp3) is 0.318. The number of aromatic amines is 1. The van der Waals surface area contributed by atoms with Gasteiger partial charge in [-0.25, -0.2) is 0 Å². The maximum Gasteiger partial charge on any atom is 0.416 e. The minimum absolute atomic E-state index is 0.0588. The number of aromatic nitrogens is 1. The second-order valence-electron chi connectivity index (χ2n) is 7.93. The van der Waals surface area contributed by atoms with Crippen LogP contribution >= 0.6 is 0 Å². The molecule has 0 spiro atoms. The molecule has 1 amide bonds. The van der Waals surface area contributed by atoms with Crippen LogP contribution < -0.4 is 4.90 Å². The number of H-pyrrole nitrogens is 1. The van der Waals surface area contributed by atoms with Gasteiger partial charge >= 0.3 is 18.5 Å². The van der Waals surface area contributed by atoms with Crippen molar-refractivity contribution in [2.45, 2.75) is 18.5 Å². The highest BCUT2D eigenvalue weighted by molar-refractivity contribution is 5.95. The average molecular weight is 508 g/mol. The number of rotatable bonds is 2. The van der Waals surface area contributed by atoms with Gasteiger partial charge in [-0.15, -0.1) is 0 Å². The Kier molecular flexibility index (Phi) is 5.92. The van der Waals surface area contributed by atoms with Crippen LogP contribution in [-0.2, 0) is 18.5 Å². The lowest BCUT2D eigenvalue weighted by Gasteiger charge is -2.36. The number of amides is 1. The summed E-state index contributed by atoms with van der Waals surface area (Å²) in [4.78, 5) is 18.2. The minimum Gasteiger partial charge on any atom is -0.366 e. The summed E-state index contributed by atoms with van der Waals surface area (Å²) in [6.07, 6.45) is -12.0. The van der Waals surface area contributed by atoms with Crippen LogP contribution in [0.5, 0.6) is 0 Å². The highest BCUT2D eigenvalue weighted by atomic mass is 19.4. The summed E-state index contributed by atoms with van der Waals surface area (Å²) in [7, 11) is 0. The number of hydrogen-bond acceptors (Lipinski definition) is 2. The third-order valence-corrected chi connectivity index (χ3v) is 5.64. The number of carbonyl (C=O) groups is 1. The molecular formula is C22H15F9N3O. The first-order valence-corrected chi connectivity index (χ1v) is 10.1. The normalized spacial score (nSPS) is 15.7. The van der Waals surface area contributed by atoms with Gasteiger partial charge in [0.25, 0.3) is 5.91 Å². The zero-order chi connectivity index (χ0) is 25.8. The number of hydrogen-bond donors (Lipinski definition) is 1. The molecule has 13 heteroatoms. The second-order valence-corrected chi connectivity index (χ2v) is 7.93. The topological polar surface area (TPSA) is 39.3 Å². The van der Waals surface area contributed by atoms with Crippen LogP contribution in [0.4, 0.5) is 45.2 Å². The smallest absolute Gasteiger partial charge is 0.366 e. The van der Waals surface area contributed by atoms with Crippen LogP contribution in [0, 0.1) is 6.20 Å². The van der Waals surface area contributed by atoms with Gasteiger partial charge < -0.3 is 14.8 Å². The van der Waals surface area contributed by atoms with Crippen LogP contribution in [0.3, 0.4) is 0 Å². The first kappa shape index (κ1) is 24.7. The molecular weight excluding hydrogens is 493 g/mol. The van der Waals surface area contributed by atoms with Crippen molar-refractivity contribution in [2.75, 3.05) is 31.1 Å². The molecule has 1 saturated heterocycles. The highest BCUT2D eigenvalue weighted by Crippen LogP contribution is 2.37. The highest BCUT2D eigenvalue weighted by Gasteiger charge is 2.38. The predicted octanol–water partition coefficient (Wildman–Crippen LogP) is 5.99. The lowest BCUT2D eigenvalue weighted by atomic mass is 10.0. The van der Waals surface area contributed by atoms with Gasteiger partial charge in [-0.05, 0) is 36.4 Å². The van der Waals surface area contributed by atoms with Gasteiger partial charge in [-0.3, -0.25) is 4.79 Å². The molecule has 1 N–H and O–H groups in total. The molecule has 35 heavy (non-hydrogen) atoms. The van der Waals surface area contributed by atoms with E-state index >= 15 is 0 Å². The summed E-state index contributed by atoms with van der Waals surface area (Å²) in [5.74, 6) is -1.01. The van der Waals surface area contributed by atoms with E-state index in [9.17, 15) is 44.3 Å². The molecule has 187 valence electrons. The van der Waals surface area contributed by atoms with E-state index < -0.39 is 46.7 Å². The number of nitrogens with zero attached hydrogens (tertiary/aromatic N) is 2. The molecule has 1 radical (unpaired) electrons. The Hall–Kier alpha value is -3.38. The molecule has 1 aliphatic rings. The van der Waals surface area contributed by atoms with Gasteiger partial charge in [0, 0.05) is 42.6 Å². The van der Waals surface area contributed by atoms with E-state index in [0.29, 0.717) is 23.3 Å². The fourth-order valence-corrected chi connectivity index (χ4v) is 3.86. The Bertz CT molecular complexity index is 1220. The molecule has 4 rings (SSSR count). The number of piperazine rings is 1. The first-order valence-electron chi connectivity index (χ1n) is 10.1. The van der Waals surface area contributed by atoms with Crippen molar-refractivity contribution in [2.24, 2.45) is 0 Å². The number of nitrogens with one attached hydrogen (secondary N) is 1. The van der Waals surface area contributed by atoms with E-state index in [1.54, 1.807) is 4.90 Å². The lowest BCUT2D eigenvalue weighted by Crippen LogP contribution is -2.48. The summed E-state index contributed by atoms with van der Waals surface area (Å²) >= 11 is 0. The van der Waals surface area contributed by atoms with E-state index in [-0.39, 0.29) is 37.6 Å². The number of anilines is 1. The third-order valence-electron chi connectivity index (χ3n) is 5.64. The molecule has 3 aromatic rings. The van der Waals surface area contributed by atoms with Crippen molar-refractivity contribution < 1.29 is 44.3 Å². The zero-order valence-electron chi connectivity index (χ0n) is 17.5. The van der Waals surface area contributed by atoms with Crippen LogP contribution in [0.15, 0.2) is 36.4 Å². The van der Waals surface area contributed by atoms with Crippen LogP contribution in [0.2, 0.25) is 0 Å². The standard InChI is InChI=1S/C22H15F9N3O/c23-20(24,25)13-1-2-17-16(10-13)18(11-32-17)33-3-5-34(6-4-33)19(35)12-7-14(21(26,27)28)9-15(8-12)22(29,30)31/h1-2,7-10,32H,3-6H2. The van der Waals surface area contributed by atoms with E-state index in [1.165, 1.54) is 6.07 Å². The molecule has 4 nitrogen and oxygen atoms in total. The molecule has 1 fully saturated rings. The van der Waals surface area contributed by atoms with Crippen molar-refractivity contribution in [1.82, 2.24) is 9.88 Å². The summed E-state index contributed by atoms with van der Waals surface area (Å²) in [6, 6.07) is 3.81. The maximum atomic E-state index is 13.1. The molecule has 0 saturated carbocycles. The maximum absolute atomic E-state index is 13.1. The molecule has 2 aromatic carbocycles. The second kappa shape index (κ2) is 8.38. The van der Waals surface area contributed by atoms with Gasteiger partial charge in [0.2, 0.25) is 0 Å². The van der Waals surface area contributed by atoms with Gasteiger partial charge in [-0.1, -0.05) is 0 Å². The van der Waals surface area contributed by atoms with Gasteiger partial charge in [0.1, 0.15) is 0 Å². The van der Waals surface area contributed by atoms with Crippen LogP contribution in [0.1, 0.15) is 27.0 Å². The SMILES string of the molecule is O=C(c1cc(C(F)(F)F)cc(C(F)(F)F)c1)N1CCN(c2[c][nH]c3ccc(C(F)(F)F)cc23)CC1. The number of carbonyl (C=O) groups excluding carboxylic acids is 1. The largest absolute Gasteiger partial charge is 0.416 e. The lowest BCUT2D eigenvalue weighted by molar-refractivity contribution is -0.143. The van der Waals surface area contributed by atoms with Crippen molar-refractivity contribution in [3.8, 4) is 0 Å². The van der Waals surface area contributed by atoms with Crippen LogP contribution in [-0.4, -0.2) is 42.0 Å².